The molecule has 0 amide bonds. The van der Waals surface area contributed by atoms with Crippen molar-refractivity contribution in [2.45, 2.75) is 4.90 Å². The van der Waals surface area contributed by atoms with E-state index in [2.05, 4.69) is 20.9 Å². The number of nitriles is 1. The molecule has 132 valence electrons. The van der Waals surface area contributed by atoms with Gasteiger partial charge in [0.2, 0.25) is 17.5 Å². The van der Waals surface area contributed by atoms with Gasteiger partial charge < -0.3 is 4.42 Å². The molecule has 0 aliphatic heterocycles. The summed E-state index contributed by atoms with van der Waals surface area (Å²) in [7, 11) is -2.69. The van der Waals surface area contributed by atoms with E-state index < -0.39 is 15.8 Å². The number of nitrogens with zero attached hydrogens (tertiary/aromatic N) is 3. The van der Waals surface area contributed by atoms with Gasteiger partial charge in [0, 0.05) is 17.1 Å². The number of oxazole rings is 1. The van der Waals surface area contributed by atoms with Crippen LogP contribution in [-0.4, -0.2) is 20.4 Å². The Labute approximate surface area is 157 Å². The number of benzene rings is 2. The maximum absolute atomic E-state index is 13.1. The molecule has 0 atom stereocenters. The summed E-state index contributed by atoms with van der Waals surface area (Å²) >= 11 is 3.23. The van der Waals surface area contributed by atoms with E-state index in [0.717, 1.165) is 4.31 Å². The molecule has 0 bridgehead atoms. The van der Waals surface area contributed by atoms with E-state index in [1.54, 1.807) is 12.1 Å². The van der Waals surface area contributed by atoms with Gasteiger partial charge in [-0.25, -0.2) is 17.1 Å². The summed E-state index contributed by atoms with van der Waals surface area (Å²) in [6.45, 7) is 0. The number of halogens is 2. The minimum absolute atomic E-state index is 0.0212. The quantitative estimate of drug-likeness (QED) is 0.619. The van der Waals surface area contributed by atoms with Crippen LogP contribution in [0.4, 0.5) is 10.3 Å². The number of aromatic nitrogens is 1. The molecular weight excluding hydrogens is 425 g/mol. The highest BCUT2D eigenvalue weighted by Crippen LogP contribution is 2.31. The van der Waals surface area contributed by atoms with Crippen molar-refractivity contribution < 1.29 is 17.2 Å². The lowest BCUT2D eigenvalue weighted by molar-refractivity contribution is 0.563. The molecule has 3 rings (SSSR count). The molecule has 0 fully saturated rings. The van der Waals surface area contributed by atoms with Crippen LogP contribution in [-0.2, 0) is 10.0 Å². The highest BCUT2D eigenvalue weighted by molar-refractivity contribution is 9.10. The Morgan fingerprint density at radius 3 is 2.54 bits per heavy atom. The van der Waals surface area contributed by atoms with Gasteiger partial charge in [0.1, 0.15) is 11.9 Å². The minimum Gasteiger partial charge on any atom is -0.418 e. The van der Waals surface area contributed by atoms with Crippen LogP contribution in [0, 0.1) is 17.1 Å². The highest BCUT2D eigenvalue weighted by Gasteiger charge is 2.28. The maximum atomic E-state index is 13.1. The molecule has 0 N–H and O–H groups in total. The Morgan fingerprint density at radius 1 is 1.23 bits per heavy atom. The summed E-state index contributed by atoms with van der Waals surface area (Å²) in [5, 5.41) is 9.29. The molecule has 0 aliphatic rings. The van der Waals surface area contributed by atoms with E-state index in [4.69, 9.17) is 4.42 Å². The van der Waals surface area contributed by atoms with Crippen molar-refractivity contribution in [1.29, 1.82) is 5.26 Å². The number of hydrogen-bond donors (Lipinski definition) is 0. The van der Waals surface area contributed by atoms with E-state index >= 15 is 0 Å². The van der Waals surface area contributed by atoms with Crippen LogP contribution in [0.15, 0.2) is 62.3 Å². The Bertz CT molecular complexity index is 1110. The molecule has 0 spiro atoms. The molecule has 9 heteroatoms. The number of anilines is 1. The number of rotatable bonds is 4. The van der Waals surface area contributed by atoms with Crippen LogP contribution in [0.2, 0.25) is 0 Å². The second-order valence-corrected chi connectivity index (χ2v) is 8.11. The lowest BCUT2D eigenvalue weighted by atomic mass is 10.2. The molecule has 2 aromatic carbocycles. The molecule has 1 aromatic heterocycles. The van der Waals surface area contributed by atoms with Gasteiger partial charge in [-0.05, 0) is 42.5 Å². The zero-order valence-corrected chi connectivity index (χ0v) is 15.8. The van der Waals surface area contributed by atoms with Gasteiger partial charge in [-0.3, -0.25) is 0 Å². The van der Waals surface area contributed by atoms with E-state index in [1.807, 2.05) is 6.07 Å². The summed E-state index contributed by atoms with van der Waals surface area (Å²) in [5.41, 5.74) is 0.229. The Balaban J connectivity index is 2.06. The van der Waals surface area contributed by atoms with Crippen LogP contribution in [0.5, 0.6) is 0 Å². The average molecular weight is 436 g/mol. The summed E-state index contributed by atoms with van der Waals surface area (Å²) < 4.78 is 45.6. The van der Waals surface area contributed by atoms with Gasteiger partial charge in [0.15, 0.2) is 0 Å². The third-order valence-electron chi connectivity index (χ3n) is 3.55. The molecule has 0 saturated carbocycles. The zero-order chi connectivity index (χ0) is 18.9. The topological polar surface area (TPSA) is 87.2 Å². The molecule has 1 heterocycles. The molecule has 6 nitrogen and oxygen atoms in total. The van der Waals surface area contributed by atoms with Gasteiger partial charge in [0.25, 0.3) is 10.0 Å². The SMILES string of the molecule is CN(c1oc(-c2ccc(F)cc2)nc1C#N)S(=O)(=O)c1cccc(Br)c1. The number of sulfonamides is 1. The standard InChI is InChI=1S/C17H11BrFN3O3S/c1-22(26(23,24)14-4-2-3-12(18)9-14)17-15(10-20)21-16(25-17)11-5-7-13(19)8-6-11/h2-9H,1H3. The third-order valence-corrected chi connectivity index (χ3v) is 5.78. The van der Waals surface area contributed by atoms with Crippen molar-refractivity contribution >= 4 is 31.8 Å². The second kappa shape index (κ2) is 6.90. The molecule has 3 aromatic rings. The summed E-state index contributed by atoms with van der Waals surface area (Å²) in [4.78, 5) is 4.03. The fourth-order valence-corrected chi connectivity index (χ4v) is 3.94. The first kappa shape index (κ1) is 18.1. The molecule has 0 unspecified atom stereocenters. The molecule has 26 heavy (non-hydrogen) atoms. The minimum atomic E-state index is -3.96. The first-order valence-electron chi connectivity index (χ1n) is 7.24. The van der Waals surface area contributed by atoms with Crippen LogP contribution in [0.25, 0.3) is 11.5 Å². The van der Waals surface area contributed by atoms with Gasteiger partial charge in [-0.1, -0.05) is 22.0 Å². The normalized spacial score (nSPS) is 11.2. The van der Waals surface area contributed by atoms with E-state index in [0.29, 0.717) is 10.0 Å². The first-order chi connectivity index (χ1) is 12.3. The van der Waals surface area contributed by atoms with Crippen molar-refractivity contribution in [2.75, 3.05) is 11.4 Å². The van der Waals surface area contributed by atoms with Crippen LogP contribution < -0.4 is 4.31 Å². The average Bonchev–Trinajstić information content (AvgIpc) is 3.05. The van der Waals surface area contributed by atoms with Crippen LogP contribution in [0.3, 0.4) is 0 Å². The summed E-state index contributed by atoms with van der Waals surface area (Å²) in [5.74, 6) is -0.630. The maximum Gasteiger partial charge on any atom is 0.266 e. The summed E-state index contributed by atoms with van der Waals surface area (Å²) in [6.07, 6.45) is 0. The van der Waals surface area contributed by atoms with Crippen LogP contribution >= 0.6 is 15.9 Å². The van der Waals surface area contributed by atoms with Gasteiger partial charge in [-0.2, -0.15) is 10.2 Å². The number of hydrogen-bond acceptors (Lipinski definition) is 5. The highest BCUT2D eigenvalue weighted by atomic mass is 79.9. The molecule has 0 aliphatic carbocycles. The van der Waals surface area contributed by atoms with Crippen molar-refractivity contribution in [1.82, 2.24) is 4.98 Å². The van der Waals surface area contributed by atoms with Crippen molar-refractivity contribution in [2.24, 2.45) is 0 Å². The zero-order valence-electron chi connectivity index (χ0n) is 13.3. The monoisotopic (exact) mass is 435 g/mol. The Hall–Kier alpha value is -2.70. The van der Waals surface area contributed by atoms with Crippen LogP contribution in [0.1, 0.15) is 5.69 Å². The Kier molecular flexibility index (Phi) is 4.80. The van der Waals surface area contributed by atoms with Gasteiger partial charge in [0.05, 0.1) is 4.90 Å². The lowest BCUT2D eigenvalue weighted by Gasteiger charge is -2.16. The van der Waals surface area contributed by atoms with Gasteiger partial charge in [-0.15, -0.1) is 0 Å². The third kappa shape index (κ3) is 3.34. The smallest absolute Gasteiger partial charge is 0.266 e. The first-order valence-corrected chi connectivity index (χ1v) is 9.47. The Morgan fingerprint density at radius 2 is 1.92 bits per heavy atom. The van der Waals surface area contributed by atoms with Crippen molar-refractivity contribution in [3.05, 3.63) is 64.5 Å². The molecule has 0 radical (unpaired) electrons. The van der Waals surface area contributed by atoms with E-state index in [1.165, 1.54) is 43.4 Å². The van der Waals surface area contributed by atoms with Crippen molar-refractivity contribution in [3.63, 3.8) is 0 Å². The second-order valence-electron chi connectivity index (χ2n) is 5.22. The van der Waals surface area contributed by atoms with E-state index in [-0.39, 0.29) is 22.4 Å². The molecular formula is C17H11BrFN3O3S. The predicted octanol–water partition coefficient (Wildman–Crippen LogP) is 3.94. The lowest BCUT2D eigenvalue weighted by Crippen LogP contribution is -2.26. The molecule has 0 saturated heterocycles. The predicted molar refractivity (Wildman–Crippen MR) is 96.3 cm³/mol. The van der Waals surface area contributed by atoms with Gasteiger partial charge >= 0.3 is 0 Å². The van der Waals surface area contributed by atoms with E-state index in [9.17, 15) is 18.1 Å². The fourth-order valence-electron chi connectivity index (χ4n) is 2.21. The van der Waals surface area contributed by atoms with Crippen molar-refractivity contribution in [3.8, 4) is 17.5 Å². The summed E-state index contributed by atoms with van der Waals surface area (Å²) in [6, 6.07) is 13.2. The largest absolute Gasteiger partial charge is 0.418 e. The fraction of sp³-hybridized carbons (Fsp3) is 0.0588.